The topological polar surface area (TPSA) is 107 Å². The monoisotopic (exact) mass is 318 g/mol. The zero-order chi connectivity index (χ0) is 16.8. The van der Waals surface area contributed by atoms with Crippen LogP contribution in [-0.2, 0) is 16.0 Å². The highest BCUT2D eigenvalue weighted by Gasteiger charge is 2.23. The molecule has 0 aromatic heterocycles. The van der Waals surface area contributed by atoms with Gasteiger partial charge in [-0.15, -0.1) is 0 Å². The molecule has 2 rings (SSSR count). The predicted molar refractivity (Wildman–Crippen MR) is 84.2 cm³/mol. The van der Waals surface area contributed by atoms with Crippen LogP contribution in [0.2, 0.25) is 0 Å². The Morgan fingerprint density at radius 3 is 2.39 bits per heavy atom. The number of non-ortho nitro benzene ring substituents is 1. The number of hydrogen-bond donors (Lipinski definition) is 1. The van der Waals surface area contributed by atoms with Crippen LogP contribution in [0.1, 0.15) is 24.8 Å². The summed E-state index contributed by atoms with van der Waals surface area (Å²) < 4.78 is 0. The molecule has 1 aromatic rings. The number of nitrogens with two attached hydrogens (primary N) is 1. The summed E-state index contributed by atoms with van der Waals surface area (Å²) in [6.07, 6.45) is 4.00. The summed E-state index contributed by atoms with van der Waals surface area (Å²) in [4.78, 5) is 35.0. The molecule has 23 heavy (non-hydrogen) atoms. The molecule has 1 heterocycles. The van der Waals surface area contributed by atoms with Crippen LogP contribution in [-0.4, -0.2) is 34.7 Å². The summed E-state index contributed by atoms with van der Waals surface area (Å²) in [5.41, 5.74) is 6.08. The Morgan fingerprint density at radius 2 is 1.87 bits per heavy atom. The Morgan fingerprint density at radius 1 is 1.26 bits per heavy atom. The van der Waals surface area contributed by atoms with E-state index in [0.29, 0.717) is 25.9 Å². The van der Waals surface area contributed by atoms with Crippen molar-refractivity contribution in [2.75, 3.05) is 13.1 Å². The lowest BCUT2D eigenvalue weighted by Gasteiger charge is -2.31. The van der Waals surface area contributed by atoms with Crippen molar-refractivity contribution in [2.24, 2.45) is 11.7 Å². The number of likely N-dealkylation sites (tertiary alicyclic amines) is 1. The lowest BCUT2D eigenvalue weighted by Crippen LogP contribution is -2.39. The van der Waals surface area contributed by atoms with Gasteiger partial charge in [-0.1, -0.05) is 12.1 Å². The molecule has 2 N–H and O–H groups in total. The number of nitrogens with zero attached hydrogens (tertiary/aromatic N) is 2. The highest BCUT2D eigenvalue weighted by Crippen LogP contribution is 2.21. The van der Waals surface area contributed by atoms with Gasteiger partial charge in [-0.05, 0) is 30.7 Å². The first kappa shape index (κ1) is 16.9. The van der Waals surface area contributed by atoms with Crippen LogP contribution in [0.3, 0.4) is 0 Å². The lowest BCUT2D eigenvalue weighted by atomic mass is 9.93. The van der Waals surface area contributed by atoms with Gasteiger partial charge in [-0.25, -0.2) is 0 Å². The number of piperidine rings is 1. The molecule has 1 saturated heterocycles. The van der Waals surface area contributed by atoms with Gasteiger partial charge in [0.05, 0.1) is 11.3 Å². The van der Waals surface area contributed by atoms with E-state index in [1.165, 1.54) is 12.1 Å². The summed E-state index contributed by atoms with van der Waals surface area (Å²) >= 11 is 0. The average Bonchev–Trinajstić information content (AvgIpc) is 2.53. The van der Waals surface area contributed by atoms with Gasteiger partial charge in [0.1, 0.15) is 0 Å². The van der Waals surface area contributed by atoms with E-state index in [1.54, 1.807) is 23.5 Å². The Labute approximate surface area is 134 Å². The number of nitro groups is 1. The quantitative estimate of drug-likeness (QED) is 0.633. The first-order chi connectivity index (χ1) is 11.0. The molecule has 7 nitrogen and oxygen atoms in total. The van der Waals surface area contributed by atoms with Crippen LogP contribution in [0.4, 0.5) is 5.69 Å². The third-order valence-electron chi connectivity index (χ3n) is 4.08. The first-order valence-electron chi connectivity index (χ1n) is 7.59. The minimum Gasteiger partial charge on any atom is -0.370 e. The fourth-order valence-electron chi connectivity index (χ4n) is 2.73. The maximum Gasteiger partial charge on any atom is 0.269 e. The fraction of sp³-hybridized carbons (Fsp3) is 0.438. The van der Waals surface area contributed by atoms with Gasteiger partial charge in [-0.3, -0.25) is 19.7 Å². The van der Waals surface area contributed by atoms with Gasteiger partial charge in [-0.2, -0.15) is 0 Å². The number of benzene rings is 1. The normalized spacial score (nSPS) is 15.4. The number of carbonyl (C=O) groups is 2. The average molecular weight is 318 g/mol. The van der Waals surface area contributed by atoms with Crippen molar-refractivity contribution in [3.8, 4) is 0 Å². The molecular formula is C16H20N3O4. The van der Waals surface area contributed by atoms with Crippen LogP contribution >= 0.6 is 0 Å². The molecule has 0 atom stereocenters. The third kappa shape index (κ3) is 5.05. The highest BCUT2D eigenvalue weighted by molar-refractivity contribution is 5.85. The van der Waals surface area contributed by atoms with Crippen molar-refractivity contribution in [3.63, 3.8) is 0 Å². The van der Waals surface area contributed by atoms with Gasteiger partial charge in [0.25, 0.3) is 5.69 Å². The van der Waals surface area contributed by atoms with Crippen molar-refractivity contribution in [3.05, 3.63) is 46.4 Å². The van der Waals surface area contributed by atoms with E-state index < -0.39 is 4.92 Å². The van der Waals surface area contributed by atoms with E-state index in [2.05, 4.69) is 0 Å². The van der Waals surface area contributed by atoms with E-state index >= 15 is 0 Å². The molecule has 7 heteroatoms. The molecule has 1 radical (unpaired) electrons. The molecular weight excluding hydrogens is 298 g/mol. The third-order valence-corrected chi connectivity index (χ3v) is 4.08. The van der Waals surface area contributed by atoms with Crippen LogP contribution < -0.4 is 5.73 Å². The summed E-state index contributed by atoms with van der Waals surface area (Å²) in [7, 11) is 0. The van der Waals surface area contributed by atoms with E-state index in [4.69, 9.17) is 5.73 Å². The molecule has 1 aliphatic rings. The number of primary amides is 1. The maximum atomic E-state index is 12.1. The second-order valence-electron chi connectivity index (χ2n) is 5.77. The van der Waals surface area contributed by atoms with Crippen LogP contribution in [0, 0.1) is 22.5 Å². The lowest BCUT2D eigenvalue weighted by molar-refractivity contribution is -0.384. The largest absolute Gasteiger partial charge is 0.370 e. The summed E-state index contributed by atoms with van der Waals surface area (Å²) in [6.45, 7) is 1.26. The SMILES string of the molecule is NC(=O)CC1CCN(C(=O)[CH]Cc2ccc([N+](=O)[O-])cc2)CC1. The highest BCUT2D eigenvalue weighted by atomic mass is 16.6. The number of amides is 2. The molecule has 123 valence electrons. The van der Waals surface area contributed by atoms with E-state index in [-0.39, 0.29) is 23.4 Å². The second kappa shape index (κ2) is 7.71. The van der Waals surface area contributed by atoms with Gasteiger partial charge in [0, 0.05) is 31.6 Å². The minimum absolute atomic E-state index is 0.0385. The number of nitro benzene ring substituents is 1. The molecule has 0 unspecified atom stereocenters. The Hall–Kier alpha value is -2.44. The van der Waals surface area contributed by atoms with Gasteiger partial charge >= 0.3 is 0 Å². The zero-order valence-electron chi connectivity index (χ0n) is 12.8. The molecule has 0 saturated carbocycles. The summed E-state index contributed by atoms with van der Waals surface area (Å²) in [5, 5.41) is 10.6. The number of carbonyl (C=O) groups excluding carboxylic acids is 2. The molecule has 1 aliphatic heterocycles. The van der Waals surface area contributed by atoms with Crippen molar-refractivity contribution in [1.29, 1.82) is 0 Å². The van der Waals surface area contributed by atoms with Crippen LogP contribution in [0.25, 0.3) is 0 Å². The van der Waals surface area contributed by atoms with Gasteiger partial charge in [0.2, 0.25) is 11.8 Å². The Balaban J connectivity index is 1.77. The number of rotatable bonds is 6. The fourth-order valence-corrected chi connectivity index (χ4v) is 2.73. The van der Waals surface area contributed by atoms with E-state index in [1.807, 2.05) is 0 Å². The van der Waals surface area contributed by atoms with Crippen molar-refractivity contribution in [1.82, 2.24) is 4.90 Å². The molecule has 1 fully saturated rings. The molecule has 0 spiro atoms. The smallest absolute Gasteiger partial charge is 0.269 e. The standard InChI is InChI=1S/C16H20N3O4/c17-15(20)11-13-7-9-18(10-8-13)16(21)6-3-12-1-4-14(5-2-12)19(22)23/h1-2,4-6,13H,3,7-11H2,(H2,17,20). The van der Waals surface area contributed by atoms with Crippen LogP contribution in [0.15, 0.2) is 24.3 Å². The molecule has 2 amide bonds. The van der Waals surface area contributed by atoms with Crippen molar-refractivity contribution >= 4 is 17.5 Å². The van der Waals surface area contributed by atoms with E-state index in [0.717, 1.165) is 18.4 Å². The zero-order valence-corrected chi connectivity index (χ0v) is 12.8. The summed E-state index contributed by atoms with van der Waals surface area (Å²) in [6, 6.07) is 6.17. The Kier molecular flexibility index (Phi) is 5.67. The number of hydrogen-bond acceptors (Lipinski definition) is 4. The van der Waals surface area contributed by atoms with Crippen molar-refractivity contribution < 1.29 is 14.5 Å². The van der Waals surface area contributed by atoms with Gasteiger partial charge in [0.15, 0.2) is 0 Å². The molecule has 0 bridgehead atoms. The molecule has 0 aliphatic carbocycles. The van der Waals surface area contributed by atoms with E-state index in [9.17, 15) is 19.7 Å². The Bertz CT molecular complexity index is 577. The van der Waals surface area contributed by atoms with Crippen LogP contribution in [0.5, 0.6) is 0 Å². The van der Waals surface area contributed by atoms with Crippen molar-refractivity contribution in [2.45, 2.75) is 25.7 Å². The predicted octanol–water partition coefficient (Wildman–Crippen LogP) is 1.46. The first-order valence-corrected chi connectivity index (χ1v) is 7.59. The molecule has 1 aromatic carbocycles. The van der Waals surface area contributed by atoms with Gasteiger partial charge < -0.3 is 10.6 Å². The minimum atomic E-state index is -0.450. The maximum absolute atomic E-state index is 12.1. The summed E-state index contributed by atoms with van der Waals surface area (Å²) in [5.74, 6) is -0.0633. The second-order valence-corrected chi connectivity index (χ2v) is 5.77.